The number of aliphatic hydroxyl groups excluding tert-OH is 1. The van der Waals surface area contributed by atoms with Crippen molar-refractivity contribution in [1.82, 2.24) is 5.32 Å². The molecule has 0 saturated heterocycles. The van der Waals surface area contributed by atoms with Crippen molar-refractivity contribution in [2.45, 2.75) is 25.4 Å². The topological polar surface area (TPSA) is 56.0 Å². The standard InChI is InChI=1S/C12H15BrN2O/c1-12(2,8-16)15-11(7-14)9-4-3-5-10(13)6-9/h3-6,11,15-16H,8H2,1-2H3. The van der Waals surface area contributed by atoms with E-state index in [0.717, 1.165) is 10.0 Å². The molecule has 1 rings (SSSR count). The lowest BCUT2D eigenvalue weighted by molar-refractivity contribution is 0.182. The van der Waals surface area contributed by atoms with Crippen LogP contribution in [0.5, 0.6) is 0 Å². The monoisotopic (exact) mass is 282 g/mol. The Morgan fingerprint density at radius 1 is 1.56 bits per heavy atom. The van der Waals surface area contributed by atoms with Gasteiger partial charge in [0.05, 0.1) is 12.7 Å². The van der Waals surface area contributed by atoms with Crippen LogP contribution in [0, 0.1) is 11.3 Å². The molecule has 0 aliphatic rings. The lowest BCUT2D eigenvalue weighted by Crippen LogP contribution is -2.44. The Balaban J connectivity index is 2.88. The first kappa shape index (κ1) is 13.2. The number of halogens is 1. The van der Waals surface area contributed by atoms with Crippen LogP contribution in [0.3, 0.4) is 0 Å². The Bertz CT molecular complexity index is 398. The Hall–Kier alpha value is -0.890. The Morgan fingerprint density at radius 2 is 2.25 bits per heavy atom. The number of nitriles is 1. The minimum atomic E-state index is -0.470. The maximum Gasteiger partial charge on any atom is 0.121 e. The van der Waals surface area contributed by atoms with Crippen LogP contribution in [-0.4, -0.2) is 17.3 Å². The van der Waals surface area contributed by atoms with Gasteiger partial charge in [0.15, 0.2) is 0 Å². The molecule has 1 aromatic carbocycles. The Morgan fingerprint density at radius 3 is 2.75 bits per heavy atom. The number of hydrogen-bond donors (Lipinski definition) is 2. The number of aliphatic hydroxyl groups is 1. The van der Waals surface area contributed by atoms with Gasteiger partial charge in [-0.05, 0) is 31.5 Å². The van der Waals surface area contributed by atoms with E-state index in [1.54, 1.807) is 0 Å². The lowest BCUT2D eigenvalue weighted by atomic mass is 10.0. The van der Waals surface area contributed by atoms with Gasteiger partial charge >= 0.3 is 0 Å². The summed E-state index contributed by atoms with van der Waals surface area (Å²) in [6, 6.07) is 9.36. The van der Waals surface area contributed by atoms with E-state index in [1.807, 2.05) is 38.1 Å². The van der Waals surface area contributed by atoms with E-state index in [9.17, 15) is 0 Å². The van der Waals surface area contributed by atoms with Crippen molar-refractivity contribution in [2.24, 2.45) is 0 Å². The molecule has 0 bridgehead atoms. The smallest absolute Gasteiger partial charge is 0.121 e. The summed E-state index contributed by atoms with van der Waals surface area (Å²) >= 11 is 3.37. The van der Waals surface area contributed by atoms with Crippen molar-refractivity contribution in [3.63, 3.8) is 0 Å². The highest BCUT2D eigenvalue weighted by Gasteiger charge is 2.22. The first-order valence-electron chi connectivity index (χ1n) is 5.02. The second-order valence-electron chi connectivity index (χ2n) is 4.30. The van der Waals surface area contributed by atoms with Gasteiger partial charge in [0, 0.05) is 10.0 Å². The van der Waals surface area contributed by atoms with Gasteiger partial charge in [-0.15, -0.1) is 0 Å². The van der Waals surface area contributed by atoms with E-state index in [1.165, 1.54) is 0 Å². The summed E-state index contributed by atoms with van der Waals surface area (Å²) < 4.78 is 0.939. The quantitative estimate of drug-likeness (QED) is 0.892. The molecule has 0 spiro atoms. The maximum atomic E-state index is 9.16. The molecule has 4 heteroatoms. The zero-order chi connectivity index (χ0) is 12.2. The summed E-state index contributed by atoms with van der Waals surface area (Å²) in [5.74, 6) is 0. The van der Waals surface area contributed by atoms with Gasteiger partial charge in [-0.1, -0.05) is 28.1 Å². The van der Waals surface area contributed by atoms with Crippen molar-refractivity contribution in [2.75, 3.05) is 6.61 Å². The van der Waals surface area contributed by atoms with E-state index in [2.05, 4.69) is 27.3 Å². The number of nitrogens with one attached hydrogen (secondary N) is 1. The van der Waals surface area contributed by atoms with Crippen LogP contribution in [0.15, 0.2) is 28.7 Å². The van der Waals surface area contributed by atoms with Gasteiger partial charge in [-0.2, -0.15) is 5.26 Å². The van der Waals surface area contributed by atoms with Gasteiger partial charge in [-0.25, -0.2) is 0 Å². The molecule has 3 nitrogen and oxygen atoms in total. The highest BCUT2D eigenvalue weighted by molar-refractivity contribution is 9.10. The van der Waals surface area contributed by atoms with Crippen LogP contribution < -0.4 is 5.32 Å². The second kappa shape index (κ2) is 5.44. The zero-order valence-corrected chi connectivity index (χ0v) is 11.0. The van der Waals surface area contributed by atoms with Crippen LogP contribution >= 0.6 is 15.9 Å². The first-order chi connectivity index (χ1) is 7.48. The van der Waals surface area contributed by atoms with Crippen molar-refractivity contribution in [1.29, 1.82) is 5.26 Å². The molecule has 0 fully saturated rings. The van der Waals surface area contributed by atoms with E-state index in [4.69, 9.17) is 10.4 Å². The van der Waals surface area contributed by atoms with Crippen LogP contribution in [0.4, 0.5) is 0 Å². The van der Waals surface area contributed by atoms with Crippen LogP contribution in [0.1, 0.15) is 25.5 Å². The predicted octanol–water partition coefficient (Wildman–Crippen LogP) is 2.37. The molecule has 0 aliphatic heterocycles. The molecular formula is C12H15BrN2O. The molecular weight excluding hydrogens is 268 g/mol. The van der Waals surface area contributed by atoms with Crippen molar-refractivity contribution in [3.05, 3.63) is 34.3 Å². The fraction of sp³-hybridized carbons (Fsp3) is 0.417. The minimum absolute atomic E-state index is 0.0147. The third-order valence-electron chi connectivity index (χ3n) is 2.24. The summed E-state index contributed by atoms with van der Waals surface area (Å²) in [7, 11) is 0. The molecule has 0 heterocycles. The fourth-order valence-corrected chi connectivity index (χ4v) is 1.73. The summed E-state index contributed by atoms with van der Waals surface area (Å²) in [5.41, 5.74) is 0.418. The van der Waals surface area contributed by atoms with Crippen LogP contribution in [-0.2, 0) is 0 Å². The van der Waals surface area contributed by atoms with Gasteiger partial charge in [0.2, 0.25) is 0 Å². The molecule has 0 aliphatic carbocycles. The largest absolute Gasteiger partial charge is 0.394 e. The third-order valence-corrected chi connectivity index (χ3v) is 2.73. The third kappa shape index (κ3) is 3.60. The van der Waals surface area contributed by atoms with Crippen LogP contribution in [0.2, 0.25) is 0 Å². The van der Waals surface area contributed by atoms with Gasteiger partial charge in [-0.3, -0.25) is 5.32 Å². The molecule has 1 unspecified atom stereocenters. The average molecular weight is 283 g/mol. The molecule has 2 N–H and O–H groups in total. The molecule has 0 radical (unpaired) electrons. The van der Waals surface area contributed by atoms with E-state index in [-0.39, 0.29) is 6.61 Å². The SMILES string of the molecule is CC(C)(CO)NC(C#N)c1cccc(Br)c1. The van der Waals surface area contributed by atoms with Crippen LogP contribution in [0.25, 0.3) is 0 Å². The first-order valence-corrected chi connectivity index (χ1v) is 5.81. The molecule has 1 aromatic rings. The maximum absolute atomic E-state index is 9.16. The van der Waals surface area contributed by atoms with Gasteiger partial charge in [0.25, 0.3) is 0 Å². The summed E-state index contributed by atoms with van der Waals surface area (Å²) in [5, 5.41) is 21.4. The highest BCUT2D eigenvalue weighted by atomic mass is 79.9. The molecule has 1 atom stereocenters. The molecule has 86 valence electrons. The summed E-state index contributed by atoms with van der Waals surface area (Å²) in [6.07, 6.45) is 0. The molecule has 0 aromatic heterocycles. The highest BCUT2D eigenvalue weighted by Crippen LogP contribution is 2.20. The Labute approximate surface area is 104 Å². The summed E-state index contributed by atoms with van der Waals surface area (Å²) in [6.45, 7) is 3.70. The number of hydrogen-bond acceptors (Lipinski definition) is 3. The van der Waals surface area contributed by atoms with Crippen molar-refractivity contribution < 1.29 is 5.11 Å². The molecule has 16 heavy (non-hydrogen) atoms. The van der Waals surface area contributed by atoms with Gasteiger partial charge in [0.1, 0.15) is 6.04 Å². The van der Waals surface area contributed by atoms with Crippen molar-refractivity contribution >= 4 is 15.9 Å². The number of nitrogens with zero attached hydrogens (tertiary/aromatic N) is 1. The van der Waals surface area contributed by atoms with Crippen molar-refractivity contribution in [3.8, 4) is 6.07 Å². The second-order valence-corrected chi connectivity index (χ2v) is 5.22. The Kier molecular flexibility index (Phi) is 4.48. The fourth-order valence-electron chi connectivity index (χ4n) is 1.31. The van der Waals surface area contributed by atoms with Gasteiger partial charge < -0.3 is 5.11 Å². The van der Waals surface area contributed by atoms with E-state index in [0.29, 0.717) is 0 Å². The number of benzene rings is 1. The average Bonchev–Trinajstić information content (AvgIpc) is 2.26. The van der Waals surface area contributed by atoms with E-state index >= 15 is 0 Å². The minimum Gasteiger partial charge on any atom is -0.394 e. The molecule has 0 saturated carbocycles. The summed E-state index contributed by atoms with van der Waals surface area (Å²) in [4.78, 5) is 0. The predicted molar refractivity (Wildman–Crippen MR) is 66.8 cm³/mol. The zero-order valence-electron chi connectivity index (χ0n) is 9.37. The number of rotatable bonds is 4. The normalized spacial score (nSPS) is 13.2. The van der Waals surface area contributed by atoms with E-state index < -0.39 is 11.6 Å². The lowest BCUT2D eigenvalue weighted by Gasteiger charge is -2.27. The molecule has 0 amide bonds.